The molecule has 12 heteroatoms. The van der Waals surface area contributed by atoms with Gasteiger partial charge in [0.05, 0.1) is 17.5 Å². The molecule has 2 N–H and O–H groups in total. The summed E-state index contributed by atoms with van der Waals surface area (Å²) in [5, 5.41) is 7.78. The van der Waals surface area contributed by atoms with Crippen LogP contribution in [-0.2, 0) is 19.6 Å². The first-order valence-corrected chi connectivity index (χ1v) is 15.9. The van der Waals surface area contributed by atoms with Gasteiger partial charge in [-0.1, -0.05) is 25.3 Å². The number of ketones is 1. The molecule has 1 saturated heterocycles. The van der Waals surface area contributed by atoms with E-state index in [0.29, 0.717) is 30.6 Å². The third-order valence-corrected chi connectivity index (χ3v) is 11.4. The number of pyridine rings is 1. The minimum Gasteiger partial charge on any atom is -0.344 e. The van der Waals surface area contributed by atoms with E-state index in [-0.39, 0.29) is 29.2 Å². The van der Waals surface area contributed by atoms with Crippen LogP contribution in [-0.4, -0.2) is 59.5 Å². The highest BCUT2D eigenvalue weighted by atomic mass is 32.2. The van der Waals surface area contributed by atoms with E-state index in [2.05, 4.69) is 15.6 Å². The summed E-state index contributed by atoms with van der Waals surface area (Å²) < 4.78 is 29.6. The molecule has 1 aliphatic heterocycles. The van der Waals surface area contributed by atoms with Gasteiger partial charge in [0, 0.05) is 21.6 Å². The second kappa shape index (κ2) is 10.8. The Bertz CT molecular complexity index is 1420. The molecule has 0 unspecified atom stereocenters. The molecule has 0 aromatic carbocycles. The zero-order chi connectivity index (χ0) is 26.9. The smallest absolute Gasteiger partial charge is 0.262 e. The van der Waals surface area contributed by atoms with Gasteiger partial charge in [0.2, 0.25) is 5.91 Å². The maximum Gasteiger partial charge on any atom is 0.262 e. The molecule has 2 fully saturated rings. The lowest BCUT2D eigenvalue weighted by molar-refractivity contribution is -0.132. The van der Waals surface area contributed by atoms with E-state index in [1.165, 1.54) is 27.9 Å². The van der Waals surface area contributed by atoms with Crippen molar-refractivity contribution in [3.63, 3.8) is 0 Å². The third-order valence-electron chi connectivity index (χ3n) is 7.44. The number of carbonyl (C=O) groups is 3. The zero-order valence-electron chi connectivity index (χ0n) is 21.0. The predicted octanol–water partition coefficient (Wildman–Crippen LogP) is 3.72. The number of nitrogens with one attached hydrogen (secondary N) is 2. The summed E-state index contributed by atoms with van der Waals surface area (Å²) in [5.41, 5.74) is -1.11. The second-order valence-electron chi connectivity index (χ2n) is 9.99. The SMILES string of the molecule is C[C@@H]1CC[C@H](NC(=O)C2(NC(=O)c3cc4sccc4s3)CCCCC2)C(=O)CN1S(=O)(=O)c1ccccn1. The first-order chi connectivity index (χ1) is 18.2. The fraction of sp³-hybridized carbons (Fsp3) is 0.462. The van der Waals surface area contributed by atoms with Crippen molar-refractivity contribution in [1.29, 1.82) is 0 Å². The number of aromatic nitrogens is 1. The lowest BCUT2D eigenvalue weighted by atomic mass is 9.80. The van der Waals surface area contributed by atoms with Crippen LogP contribution in [0.5, 0.6) is 0 Å². The van der Waals surface area contributed by atoms with Crippen LogP contribution >= 0.6 is 22.7 Å². The summed E-state index contributed by atoms with van der Waals surface area (Å²) in [4.78, 5) is 44.7. The van der Waals surface area contributed by atoms with Gasteiger partial charge in [-0.3, -0.25) is 14.4 Å². The highest BCUT2D eigenvalue weighted by molar-refractivity contribution is 7.89. The third kappa shape index (κ3) is 5.27. The molecule has 2 aliphatic rings. The van der Waals surface area contributed by atoms with Crippen LogP contribution in [0.3, 0.4) is 0 Å². The molecule has 1 saturated carbocycles. The van der Waals surface area contributed by atoms with Crippen LogP contribution in [0, 0.1) is 0 Å². The average Bonchev–Trinajstić information content (AvgIpc) is 3.49. The van der Waals surface area contributed by atoms with Gasteiger partial charge in [0.15, 0.2) is 10.8 Å². The second-order valence-corrected chi connectivity index (χ2v) is 13.9. The van der Waals surface area contributed by atoms with Crippen molar-refractivity contribution in [3.05, 3.63) is 46.8 Å². The van der Waals surface area contributed by atoms with E-state index in [1.54, 1.807) is 30.4 Å². The number of Topliss-reactive ketones (excluding diaryl/α,β-unsaturated/α-hetero) is 1. The number of hydrogen-bond donors (Lipinski definition) is 2. The van der Waals surface area contributed by atoms with E-state index >= 15 is 0 Å². The summed E-state index contributed by atoms with van der Waals surface area (Å²) in [6.45, 7) is 1.41. The predicted molar refractivity (Wildman–Crippen MR) is 147 cm³/mol. The first kappa shape index (κ1) is 26.9. The molecule has 202 valence electrons. The summed E-state index contributed by atoms with van der Waals surface area (Å²) in [7, 11) is -3.97. The van der Waals surface area contributed by atoms with Crippen molar-refractivity contribution in [2.75, 3.05) is 6.54 Å². The Hall–Kier alpha value is -2.67. The number of rotatable bonds is 6. The Morgan fingerprint density at radius 1 is 1.11 bits per heavy atom. The average molecular weight is 575 g/mol. The van der Waals surface area contributed by atoms with Gasteiger partial charge < -0.3 is 10.6 Å². The van der Waals surface area contributed by atoms with Gasteiger partial charge in [-0.25, -0.2) is 13.4 Å². The fourth-order valence-electron chi connectivity index (χ4n) is 5.24. The highest BCUT2D eigenvalue weighted by Gasteiger charge is 2.44. The lowest BCUT2D eigenvalue weighted by Gasteiger charge is -2.37. The molecule has 5 rings (SSSR count). The molecule has 1 aliphatic carbocycles. The summed E-state index contributed by atoms with van der Waals surface area (Å²) in [6, 6.07) is 7.17. The molecule has 0 bridgehead atoms. The molecular formula is C26H30N4O5S3. The molecule has 38 heavy (non-hydrogen) atoms. The van der Waals surface area contributed by atoms with E-state index in [9.17, 15) is 22.8 Å². The molecule has 2 atom stereocenters. The van der Waals surface area contributed by atoms with Crippen LogP contribution in [0.1, 0.15) is 61.5 Å². The normalized spacial score (nSPS) is 22.6. The van der Waals surface area contributed by atoms with Crippen molar-refractivity contribution >= 4 is 59.7 Å². The highest BCUT2D eigenvalue weighted by Crippen LogP contribution is 2.33. The summed E-state index contributed by atoms with van der Waals surface area (Å²) in [5.74, 6) is -1.04. The Morgan fingerprint density at radius 2 is 1.89 bits per heavy atom. The van der Waals surface area contributed by atoms with Gasteiger partial charge in [-0.15, -0.1) is 22.7 Å². The van der Waals surface area contributed by atoms with Crippen LogP contribution in [0.4, 0.5) is 0 Å². The number of sulfonamides is 1. The molecule has 0 radical (unpaired) electrons. The van der Waals surface area contributed by atoms with Gasteiger partial charge in [-0.05, 0) is 62.3 Å². The number of carbonyl (C=O) groups excluding carboxylic acids is 3. The first-order valence-electron chi connectivity index (χ1n) is 12.8. The molecule has 2 amide bonds. The molecule has 0 spiro atoms. The maximum absolute atomic E-state index is 13.7. The Balaban J connectivity index is 1.32. The number of nitrogens with zero attached hydrogens (tertiary/aromatic N) is 2. The topological polar surface area (TPSA) is 126 Å². The van der Waals surface area contributed by atoms with Crippen LogP contribution in [0.2, 0.25) is 0 Å². The Kier molecular flexibility index (Phi) is 7.67. The molecule has 9 nitrogen and oxygen atoms in total. The van der Waals surface area contributed by atoms with Crippen LogP contribution in [0.25, 0.3) is 9.40 Å². The van der Waals surface area contributed by atoms with E-state index < -0.39 is 27.6 Å². The van der Waals surface area contributed by atoms with Crippen LogP contribution < -0.4 is 10.6 Å². The maximum atomic E-state index is 13.7. The standard InChI is InChI=1S/C26H30N4O5S3/c1-17-8-9-18(19(31)16-30(17)38(34,35)23-7-3-6-13-27-23)28-25(33)26(11-4-2-5-12-26)29-24(32)22-15-21-20(37-22)10-14-36-21/h3,6-7,10,13-15,17-18H,2,4-5,8-9,11-12,16H2,1H3,(H,28,33)(H,29,32)/t17-,18+/m1/s1. The quantitative estimate of drug-likeness (QED) is 0.462. The van der Waals surface area contributed by atoms with Crippen molar-refractivity contribution in [3.8, 4) is 0 Å². The number of hydrogen-bond acceptors (Lipinski definition) is 8. The molecule has 3 aromatic rings. The Labute approximate surface area is 229 Å². The molecular weight excluding hydrogens is 545 g/mol. The van der Waals surface area contributed by atoms with Crippen molar-refractivity contribution < 1.29 is 22.8 Å². The van der Waals surface area contributed by atoms with Gasteiger partial charge in [0.25, 0.3) is 15.9 Å². The fourth-order valence-corrected chi connectivity index (χ4v) is 8.81. The van der Waals surface area contributed by atoms with Crippen molar-refractivity contribution in [1.82, 2.24) is 19.9 Å². The van der Waals surface area contributed by atoms with Crippen molar-refractivity contribution in [2.45, 2.75) is 74.5 Å². The molecule has 4 heterocycles. The van der Waals surface area contributed by atoms with E-state index in [0.717, 1.165) is 28.7 Å². The number of fused-ring (bicyclic) bond motifs is 1. The summed E-state index contributed by atoms with van der Waals surface area (Å²) in [6.07, 6.45) is 5.64. The van der Waals surface area contributed by atoms with E-state index in [1.807, 2.05) is 17.5 Å². The summed E-state index contributed by atoms with van der Waals surface area (Å²) >= 11 is 2.96. The number of thiophene rings is 2. The van der Waals surface area contributed by atoms with E-state index in [4.69, 9.17) is 0 Å². The van der Waals surface area contributed by atoms with Gasteiger partial charge >= 0.3 is 0 Å². The largest absolute Gasteiger partial charge is 0.344 e. The lowest BCUT2D eigenvalue weighted by Crippen LogP contribution is -2.62. The van der Waals surface area contributed by atoms with Gasteiger partial charge in [-0.2, -0.15) is 4.31 Å². The minimum absolute atomic E-state index is 0.112. The molecule has 3 aromatic heterocycles. The monoisotopic (exact) mass is 574 g/mol. The zero-order valence-corrected chi connectivity index (χ0v) is 23.5. The van der Waals surface area contributed by atoms with Crippen molar-refractivity contribution in [2.24, 2.45) is 0 Å². The Morgan fingerprint density at radius 3 is 2.61 bits per heavy atom. The van der Waals surface area contributed by atoms with Gasteiger partial charge in [0.1, 0.15) is 5.54 Å². The number of amides is 2. The van der Waals surface area contributed by atoms with Crippen LogP contribution in [0.15, 0.2) is 46.9 Å². The minimum atomic E-state index is -3.97.